The van der Waals surface area contributed by atoms with E-state index in [2.05, 4.69) is 34.5 Å². The number of anilines is 1. The zero-order valence-corrected chi connectivity index (χ0v) is 22.1. The number of carbonyl (C=O) groups excluding carboxylic acids is 3. The van der Waals surface area contributed by atoms with Gasteiger partial charge in [0.15, 0.2) is 0 Å². The highest BCUT2D eigenvalue weighted by Crippen LogP contribution is 2.59. The summed E-state index contributed by atoms with van der Waals surface area (Å²) in [5.41, 5.74) is 4.47. The van der Waals surface area contributed by atoms with Gasteiger partial charge in [-0.2, -0.15) is 0 Å². The first-order valence-corrected chi connectivity index (χ1v) is 13.1. The summed E-state index contributed by atoms with van der Waals surface area (Å²) in [6.45, 7) is 2.93. The highest BCUT2D eigenvalue weighted by atomic mass is 16.6. The van der Waals surface area contributed by atoms with Crippen molar-refractivity contribution in [3.8, 4) is 0 Å². The van der Waals surface area contributed by atoms with Crippen LogP contribution in [0.15, 0.2) is 65.9 Å². The number of para-hydroxylation sites is 1. The average molecular weight is 519 g/mol. The molecule has 2 aromatic carbocycles. The van der Waals surface area contributed by atoms with Crippen LogP contribution < -0.4 is 5.32 Å². The van der Waals surface area contributed by atoms with E-state index in [0.717, 1.165) is 30.9 Å². The number of hydrogen-bond donors (Lipinski definition) is 1. The standard InChI is InChI=1S/C30H34N2O6/c1-19(33)38-22(17-26(34)36-2)15-21-16-23(29(35)37-3)27-30(24-11-7-8-12-25(24)31-27)13-14-32(28(21)30)18-20-9-5-4-6-10-20/h4-12,21-22,28,31H,13-18H2,1-3H3/t21-,22?,28+,30-/m1/s1. The Morgan fingerprint density at radius 1 is 1.05 bits per heavy atom. The summed E-state index contributed by atoms with van der Waals surface area (Å²) in [6.07, 6.45) is 0.994. The molecule has 0 radical (unpaired) electrons. The molecule has 2 heterocycles. The van der Waals surface area contributed by atoms with E-state index in [1.807, 2.05) is 30.3 Å². The van der Waals surface area contributed by atoms with Crippen LogP contribution in [0.3, 0.4) is 0 Å². The fourth-order valence-corrected chi connectivity index (χ4v) is 6.90. The van der Waals surface area contributed by atoms with Gasteiger partial charge in [-0.3, -0.25) is 14.5 Å². The van der Waals surface area contributed by atoms with Crippen molar-refractivity contribution in [2.24, 2.45) is 5.92 Å². The van der Waals surface area contributed by atoms with Gasteiger partial charge in [-0.25, -0.2) is 4.79 Å². The maximum Gasteiger partial charge on any atom is 0.335 e. The zero-order valence-electron chi connectivity index (χ0n) is 22.1. The third-order valence-electron chi connectivity index (χ3n) is 8.20. The Bertz CT molecular complexity index is 1260. The van der Waals surface area contributed by atoms with Crippen LogP contribution in [0, 0.1) is 5.92 Å². The third-order valence-corrected chi connectivity index (χ3v) is 8.20. The molecular weight excluding hydrogens is 484 g/mol. The molecule has 1 N–H and O–H groups in total. The predicted molar refractivity (Wildman–Crippen MR) is 141 cm³/mol. The first-order valence-electron chi connectivity index (χ1n) is 13.1. The van der Waals surface area contributed by atoms with Gasteiger partial charge in [0.1, 0.15) is 6.10 Å². The van der Waals surface area contributed by atoms with Gasteiger partial charge in [-0.15, -0.1) is 0 Å². The molecule has 1 fully saturated rings. The molecule has 0 aromatic heterocycles. The van der Waals surface area contributed by atoms with E-state index >= 15 is 0 Å². The van der Waals surface area contributed by atoms with Gasteiger partial charge in [0, 0.05) is 37.4 Å². The van der Waals surface area contributed by atoms with Gasteiger partial charge in [0.25, 0.3) is 0 Å². The average Bonchev–Trinajstić information content (AvgIpc) is 3.46. The van der Waals surface area contributed by atoms with Crippen molar-refractivity contribution >= 4 is 23.6 Å². The second-order valence-corrected chi connectivity index (χ2v) is 10.3. The Hall–Kier alpha value is -3.65. The number of methoxy groups -OCH3 is 2. The minimum Gasteiger partial charge on any atom is -0.469 e. The number of nitrogens with one attached hydrogen (secondary N) is 1. The van der Waals surface area contributed by atoms with Crippen LogP contribution >= 0.6 is 0 Å². The van der Waals surface area contributed by atoms with Gasteiger partial charge in [-0.05, 0) is 42.4 Å². The van der Waals surface area contributed by atoms with E-state index in [4.69, 9.17) is 14.2 Å². The summed E-state index contributed by atoms with van der Waals surface area (Å²) in [4.78, 5) is 39.9. The molecule has 38 heavy (non-hydrogen) atoms. The molecule has 0 bridgehead atoms. The summed E-state index contributed by atoms with van der Waals surface area (Å²) in [6, 6.07) is 18.6. The molecular formula is C30H34N2O6. The maximum atomic E-state index is 13.2. The molecule has 8 nitrogen and oxygen atoms in total. The Kier molecular flexibility index (Phi) is 7.25. The number of rotatable bonds is 8. The fraction of sp³-hybridized carbons (Fsp3) is 0.433. The van der Waals surface area contributed by atoms with Crippen LogP contribution in [0.4, 0.5) is 5.69 Å². The maximum absolute atomic E-state index is 13.2. The minimum atomic E-state index is -0.661. The van der Waals surface area contributed by atoms with Gasteiger partial charge < -0.3 is 19.5 Å². The monoisotopic (exact) mass is 518 g/mol. The molecule has 2 aromatic rings. The lowest BCUT2D eigenvalue weighted by Gasteiger charge is -2.46. The lowest BCUT2D eigenvalue weighted by molar-refractivity contribution is -0.153. The molecule has 1 unspecified atom stereocenters. The van der Waals surface area contributed by atoms with Crippen LogP contribution in [0.25, 0.3) is 0 Å². The van der Waals surface area contributed by atoms with Gasteiger partial charge in [0.2, 0.25) is 0 Å². The highest BCUT2D eigenvalue weighted by molar-refractivity contribution is 5.93. The van der Waals surface area contributed by atoms with Gasteiger partial charge in [0.05, 0.1) is 31.6 Å². The topological polar surface area (TPSA) is 94.2 Å². The molecule has 0 saturated carbocycles. The summed E-state index contributed by atoms with van der Waals surface area (Å²) < 4.78 is 15.8. The van der Waals surface area contributed by atoms with E-state index in [-0.39, 0.29) is 24.3 Å². The largest absolute Gasteiger partial charge is 0.469 e. The molecule has 1 saturated heterocycles. The lowest BCUT2D eigenvalue weighted by Crippen LogP contribution is -2.52. The molecule has 0 amide bonds. The first kappa shape index (κ1) is 26.0. The Morgan fingerprint density at radius 2 is 1.79 bits per heavy atom. The lowest BCUT2D eigenvalue weighted by atomic mass is 9.62. The number of carbonyl (C=O) groups is 3. The number of likely N-dealkylation sites (tertiary alicyclic amines) is 1. The highest BCUT2D eigenvalue weighted by Gasteiger charge is 2.61. The molecule has 4 atom stereocenters. The predicted octanol–water partition coefficient (Wildman–Crippen LogP) is 3.96. The number of ether oxygens (including phenoxy) is 3. The molecule has 3 aliphatic rings. The second-order valence-electron chi connectivity index (χ2n) is 10.3. The quantitative estimate of drug-likeness (QED) is 0.415. The normalized spacial score (nSPS) is 24.5. The third kappa shape index (κ3) is 4.58. The Balaban J connectivity index is 1.61. The molecule has 8 heteroatoms. The number of hydrogen-bond acceptors (Lipinski definition) is 8. The molecule has 200 valence electrons. The number of nitrogens with zero attached hydrogens (tertiary/aromatic N) is 1. The smallest absolute Gasteiger partial charge is 0.335 e. The van der Waals surface area contributed by atoms with Crippen molar-refractivity contribution in [2.45, 2.75) is 56.7 Å². The molecule has 5 rings (SSSR count). The van der Waals surface area contributed by atoms with E-state index in [1.165, 1.54) is 32.3 Å². The van der Waals surface area contributed by atoms with Crippen molar-refractivity contribution in [3.63, 3.8) is 0 Å². The van der Waals surface area contributed by atoms with Crippen LogP contribution in [-0.2, 0) is 40.6 Å². The van der Waals surface area contributed by atoms with Crippen LogP contribution in [0.1, 0.15) is 43.7 Å². The van der Waals surface area contributed by atoms with E-state index in [9.17, 15) is 14.4 Å². The van der Waals surface area contributed by atoms with E-state index in [0.29, 0.717) is 18.4 Å². The summed E-state index contributed by atoms with van der Waals surface area (Å²) in [7, 11) is 2.73. The van der Waals surface area contributed by atoms with Crippen molar-refractivity contribution in [3.05, 3.63) is 77.0 Å². The summed E-state index contributed by atoms with van der Waals surface area (Å²) >= 11 is 0. The second kappa shape index (κ2) is 10.6. The minimum absolute atomic E-state index is 0.0120. The van der Waals surface area contributed by atoms with Crippen LogP contribution in [-0.4, -0.2) is 55.7 Å². The summed E-state index contributed by atoms with van der Waals surface area (Å²) in [5, 5.41) is 3.59. The van der Waals surface area contributed by atoms with Crippen molar-refractivity contribution in [2.75, 3.05) is 26.1 Å². The Morgan fingerprint density at radius 3 is 2.50 bits per heavy atom. The summed E-state index contributed by atoms with van der Waals surface area (Å²) in [5.74, 6) is -1.33. The van der Waals surface area contributed by atoms with Crippen molar-refractivity contribution in [1.82, 2.24) is 4.90 Å². The number of esters is 3. The van der Waals surface area contributed by atoms with Crippen LogP contribution in [0.5, 0.6) is 0 Å². The first-order chi connectivity index (χ1) is 18.4. The van der Waals surface area contributed by atoms with Crippen molar-refractivity contribution in [1.29, 1.82) is 0 Å². The number of benzene rings is 2. The van der Waals surface area contributed by atoms with Crippen LogP contribution in [0.2, 0.25) is 0 Å². The van der Waals surface area contributed by atoms with E-state index in [1.54, 1.807) is 0 Å². The van der Waals surface area contributed by atoms with Gasteiger partial charge in [-0.1, -0.05) is 48.5 Å². The molecule has 2 aliphatic heterocycles. The fourth-order valence-electron chi connectivity index (χ4n) is 6.90. The SMILES string of the molecule is COC(=O)CC(C[C@@H]1CC(C(=O)OC)=C2Nc3ccccc3[C@]23CCN(Cc2ccccc2)[C@@H]13)OC(C)=O. The molecule has 1 aliphatic carbocycles. The van der Waals surface area contributed by atoms with E-state index < -0.39 is 23.5 Å². The Labute approximate surface area is 222 Å². The zero-order chi connectivity index (χ0) is 26.9. The molecule has 1 spiro atoms. The van der Waals surface area contributed by atoms with Crippen molar-refractivity contribution < 1.29 is 28.6 Å². The van der Waals surface area contributed by atoms with Gasteiger partial charge >= 0.3 is 17.9 Å². The number of fused-ring (bicyclic) bond motifs is 1.